The van der Waals surface area contributed by atoms with E-state index in [2.05, 4.69) is 18.7 Å². The van der Waals surface area contributed by atoms with Crippen LogP contribution in [0.15, 0.2) is 0 Å². The summed E-state index contributed by atoms with van der Waals surface area (Å²) in [5.74, 6) is 0.579. The second-order valence-electron chi connectivity index (χ2n) is 4.55. The number of hydrogen-bond acceptors (Lipinski definition) is 3. The zero-order valence-electron chi connectivity index (χ0n) is 8.87. The highest BCUT2D eigenvalue weighted by atomic mass is 15.1. The minimum atomic E-state index is 0.314. The Labute approximate surface area is 81.5 Å². The van der Waals surface area contributed by atoms with E-state index in [0.29, 0.717) is 18.0 Å². The average molecular weight is 185 g/mol. The van der Waals surface area contributed by atoms with Crippen molar-refractivity contribution in [3.8, 4) is 0 Å². The van der Waals surface area contributed by atoms with Crippen molar-refractivity contribution in [1.29, 1.82) is 0 Å². The van der Waals surface area contributed by atoms with Crippen molar-refractivity contribution in [2.75, 3.05) is 19.6 Å². The molecule has 1 aliphatic heterocycles. The highest BCUT2D eigenvalue weighted by Crippen LogP contribution is 2.10. The van der Waals surface area contributed by atoms with Crippen molar-refractivity contribution in [1.82, 2.24) is 4.90 Å². The predicted octanol–water partition coefficient (Wildman–Crippen LogP) is 0.393. The maximum absolute atomic E-state index is 6.01. The Morgan fingerprint density at radius 3 is 2.31 bits per heavy atom. The Morgan fingerprint density at radius 2 is 1.85 bits per heavy atom. The third kappa shape index (κ3) is 3.63. The third-order valence-electron chi connectivity index (χ3n) is 2.96. The molecule has 0 saturated carbocycles. The van der Waals surface area contributed by atoms with Crippen molar-refractivity contribution < 1.29 is 0 Å². The summed E-state index contributed by atoms with van der Waals surface area (Å²) in [5, 5.41) is 0. The Kier molecular flexibility index (Phi) is 4.16. The molecule has 0 aromatic carbocycles. The van der Waals surface area contributed by atoms with E-state index in [4.69, 9.17) is 11.5 Å². The van der Waals surface area contributed by atoms with Gasteiger partial charge < -0.3 is 16.4 Å². The van der Waals surface area contributed by atoms with Gasteiger partial charge in [-0.15, -0.1) is 0 Å². The average Bonchev–Trinajstić information content (AvgIpc) is 2.08. The lowest BCUT2D eigenvalue weighted by molar-refractivity contribution is 0.190. The Hall–Kier alpha value is -0.120. The van der Waals surface area contributed by atoms with Crippen molar-refractivity contribution in [2.24, 2.45) is 17.4 Å². The number of nitrogens with two attached hydrogens (primary N) is 2. The van der Waals surface area contributed by atoms with Crippen LogP contribution in [0.25, 0.3) is 0 Å². The molecule has 4 N–H and O–H groups in total. The molecule has 0 amide bonds. The van der Waals surface area contributed by atoms with Crippen molar-refractivity contribution in [3.63, 3.8) is 0 Å². The van der Waals surface area contributed by atoms with E-state index in [9.17, 15) is 0 Å². The van der Waals surface area contributed by atoms with Crippen LogP contribution in [-0.2, 0) is 0 Å². The van der Waals surface area contributed by atoms with E-state index >= 15 is 0 Å². The van der Waals surface area contributed by atoms with Gasteiger partial charge in [0.05, 0.1) is 0 Å². The van der Waals surface area contributed by atoms with Gasteiger partial charge in [-0.25, -0.2) is 0 Å². The minimum Gasteiger partial charge on any atom is -0.328 e. The Balaban J connectivity index is 2.22. The van der Waals surface area contributed by atoms with Crippen LogP contribution in [0.1, 0.15) is 26.7 Å². The highest BCUT2D eigenvalue weighted by molar-refractivity contribution is 4.78. The summed E-state index contributed by atoms with van der Waals surface area (Å²) in [7, 11) is 0. The molecule has 13 heavy (non-hydrogen) atoms. The standard InChI is InChI=1S/C10H23N3/c1-8(2)10(12)7-13-5-3-9(11)4-6-13/h8-10H,3-7,11-12H2,1-2H3. The summed E-state index contributed by atoms with van der Waals surface area (Å²) in [6, 6.07) is 0.737. The lowest BCUT2D eigenvalue weighted by Crippen LogP contribution is -2.46. The van der Waals surface area contributed by atoms with Crippen LogP contribution in [-0.4, -0.2) is 36.6 Å². The Bertz CT molecular complexity index is 139. The molecule has 0 aromatic rings. The van der Waals surface area contributed by atoms with Gasteiger partial charge >= 0.3 is 0 Å². The summed E-state index contributed by atoms with van der Waals surface area (Å²) in [5.41, 5.74) is 11.8. The zero-order chi connectivity index (χ0) is 9.84. The molecule has 1 unspecified atom stereocenters. The van der Waals surface area contributed by atoms with E-state index in [0.717, 1.165) is 32.5 Å². The molecule has 0 aliphatic carbocycles. The van der Waals surface area contributed by atoms with Crippen LogP contribution >= 0.6 is 0 Å². The predicted molar refractivity (Wildman–Crippen MR) is 56.5 cm³/mol. The second-order valence-corrected chi connectivity index (χ2v) is 4.55. The molecule has 1 aliphatic rings. The van der Waals surface area contributed by atoms with Gasteiger partial charge in [-0.05, 0) is 31.8 Å². The summed E-state index contributed by atoms with van der Waals surface area (Å²) >= 11 is 0. The largest absolute Gasteiger partial charge is 0.328 e. The van der Waals surface area contributed by atoms with Crippen LogP contribution in [0.5, 0.6) is 0 Å². The normalized spacial score (nSPS) is 23.8. The number of rotatable bonds is 3. The van der Waals surface area contributed by atoms with E-state index in [1.54, 1.807) is 0 Å². The molecule has 0 aromatic heterocycles. The van der Waals surface area contributed by atoms with Gasteiger partial charge in [0.25, 0.3) is 0 Å². The van der Waals surface area contributed by atoms with Crippen LogP contribution in [0.3, 0.4) is 0 Å². The van der Waals surface area contributed by atoms with Gasteiger partial charge in [-0.1, -0.05) is 13.8 Å². The molecule has 0 radical (unpaired) electrons. The molecule has 78 valence electrons. The molecule has 3 nitrogen and oxygen atoms in total. The van der Waals surface area contributed by atoms with Crippen molar-refractivity contribution in [2.45, 2.75) is 38.8 Å². The maximum atomic E-state index is 6.01. The van der Waals surface area contributed by atoms with Gasteiger partial charge in [-0.3, -0.25) is 0 Å². The fourth-order valence-electron chi connectivity index (χ4n) is 1.64. The summed E-state index contributed by atoms with van der Waals surface area (Å²) in [6.07, 6.45) is 2.26. The lowest BCUT2D eigenvalue weighted by Gasteiger charge is -2.32. The van der Waals surface area contributed by atoms with Crippen LogP contribution in [0, 0.1) is 5.92 Å². The van der Waals surface area contributed by atoms with Gasteiger partial charge in [-0.2, -0.15) is 0 Å². The van der Waals surface area contributed by atoms with Gasteiger partial charge in [0.1, 0.15) is 0 Å². The highest BCUT2D eigenvalue weighted by Gasteiger charge is 2.18. The van der Waals surface area contributed by atoms with Gasteiger partial charge in [0, 0.05) is 18.6 Å². The van der Waals surface area contributed by atoms with E-state index in [1.165, 1.54) is 0 Å². The molecule has 1 heterocycles. The van der Waals surface area contributed by atoms with Crippen LogP contribution < -0.4 is 11.5 Å². The molecule has 0 spiro atoms. The molecule has 1 fully saturated rings. The molecule has 0 bridgehead atoms. The van der Waals surface area contributed by atoms with Crippen molar-refractivity contribution in [3.05, 3.63) is 0 Å². The smallest absolute Gasteiger partial charge is 0.0191 e. The summed E-state index contributed by atoms with van der Waals surface area (Å²) in [4.78, 5) is 2.44. The van der Waals surface area contributed by atoms with Crippen molar-refractivity contribution >= 4 is 0 Å². The molecular formula is C10H23N3. The third-order valence-corrected chi connectivity index (χ3v) is 2.96. The zero-order valence-corrected chi connectivity index (χ0v) is 8.87. The monoisotopic (exact) mass is 185 g/mol. The fraction of sp³-hybridized carbons (Fsp3) is 1.00. The maximum Gasteiger partial charge on any atom is 0.0191 e. The number of piperidine rings is 1. The second kappa shape index (κ2) is 4.94. The number of likely N-dealkylation sites (tertiary alicyclic amines) is 1. The first-order valence-corrected chi connectivity index (χ1v) is 5.33. The van der Waals surface area contributed by atoms with Crippen LogP contribution in [0.2, 0.25) is 0 Å². The minimum absolute atomic E-state index is 0.314. The number of hydrogen-bond donors (Lipinski definition) is 2. The number of nitrogens with zero attached hydrogens (tertiary/aromatic N) is 1. The SMILES string of the molecule is CC(C)C(N)CN1CCC(N)CC1. The van der Waals surface area contributed by atoms with Gasteiger partial charge in [0.15, 0.2) is 0 Å². The lowest BCUT2D eigenvalue weighted by atomic mass is 10.0. The fourth-order valence-corrected chi connectivity index (χ4v) is 1.64. The summed E-state index contributed by atoms with van der Waals surface area (Å²) < 4.78 is 0. The molecular weight excluding hydrogens is 162 g/mol. The van der Waals surface area contributed by atoms with Crippen LogP contribution in [0.4, 0.5) is 0 Å². The van der Waals surface area contributed by atoms with E-state index in [1.807, 2.05) is 0 Å². The first kappa shape index (κ1) is 11.0. The molecule has 1 saturated heterocycles. The molecule has 1 rings (SSSR count). The first-order valence-electron chi connectivity index (χ1n) is 5.33. The molecule has 3 heteroatoms. The van der Waals surface area contributed by atoms with E-state index < -0.39 is 0 Å². The van der Waals surface area contributed by atoms with Gasteiger partial charge in [0.2, 0.25) is 0 Å². The molecule has 1 atom stereocenters. The van der Waals surface area contributed by atoms with E-state index in [-0.39, 0.29) is 0 Å². The topological polar surface area (TPSA) is 55.3 Å². The summed E-state index contributed by atoms with van der Waals surface area (Å²) in [6.45, 7) is 7.65. The first-order chi connectivity index (χ1) is 6.09. The Morgan fingerprint density at radius 1 is 1.31 bits per heavy atom. The quantitative estimate of drug-likeness (QED) is 0.669.